The van der Waals surface area contributed by atoms with E-state index in [4.69, 9.17) is 0 Å². The molecule has 0 aliphatic rings. The Kier molecular flexibility index (Phi) is 4.21. The Labute approximate surface area is 115 Å². The van der Waals surface area contributed by atoms with Crippen molar-refractivity contribution in [1.82, 2.24) is 9.55 Å². The van der Waals surface area contributed by atoms with E-state index >= 15 is 0 Å². The third kappa shape index (κ3) is 3.57. The predicted octanol–water partition coefficient (Wildman–Crippen LogP) is 2.68. The van der Waals surface area contributed by atoms with E-state index in [9.17, 15) is 9.18 Å². The number of anilines is 1. The molecule has 1 aromatic carbocycles. The third-order valence-electron chi connectivity index (χ3n) is 2.54. The predicted molar refractivity (Wildman–Crippen MR) is 73.6 cm³/mol. The van der Waals surface area contributed by atoms with Gasteiger partial charge in [0, 0.05) is 25.1 Å². The first-order valence-corrected chi connectivity index (χ1v) is 6.64. The number of halogens is 1. The van der Waals surface area contributed by atoms with Crippen molar-refractivity contribution in [2.45, 2.75) is 17.3 Å². The van der Waals surface area contributed by atoms with Gasteiger partial charge in [-0.25, -0.2) is 9.37 Å². The molecule has 0 saturated carbocycles. The second-order valence-electron chi connectivity index (χ2n) is 4.08. The van der Waals surface area contributed by atoms with Crippen molar-refractivity contribution in [3.63, 3.8) is 0 Å². The number of aromatic nitrogens is 2. The molecule has 100 valence electrons. The Morgan fingerprint density at radius 3 is 2.68 bits per heavy atom. The van der Waals surface area contributed by atoms with Gasteiger partial charge >= 0.3 is 0 Å². The van der Waals surface area contributed by atoms with Crippen LogP contribution in [0.4, 0.5) is 10.1 Å². The van der Waals surface area contributed by atoms with Crippen LogP contribution < -0.4 is 5.32 Å². The maximum absolute atomic E-state index is 12.8. The highest BCUT2D eigenvalue weighted by molar-refractivity contribution is 8.00. The lowest BCUT2D eigenvalue weighted by atomic mass is 10.3. The summed E-state index contributed by atoms with van der Waals surface area (Å²) in [6.07, 6.45) is 3.51. The number of carbonyl (C=O) groups excluding carboxylic acids is 1. The third-order valence-corrected chi connectivity index (χ3v) is 3.71. The van der Waals surface area contributed by atoms with Gasteiger partial charge in [-0.1, -0.05) is 11.8 Å². The number of carbonyl (C=O) groups is 1. The minimum Gasteiger partial charge on any atom is -0.329 e. The number of nitrogens with zero attached hydrogens (tertiary/aromatic N) is 2. The zero-order chi connectivity index (χ0) is 13.8. The first-order chi connectivity index (χ1) is 9.06. The number of benzene rings is 1. The van der Waals surface area contributed by atoms with Gasteiger partial charge in [0.05, 0.1) is 5.25 Å². The molecule has 1 heterocycles. The molecule has 1 N–H and O–H groups in total. The minimum atomic E-state index is -0.326. The van der Waals surface area contributed by atoms with Gasteiger partial charge in [0.25, 0.3) is 0 Å². The standard InChI is InChI=1S/C13H14FN3OS/c1-9(19-13-15-7-8-17(13)2)12(18)16-11-5-3-10(14)4-6-11/h3-9H,1-2H3,(H,16,18)/t9-/m0/s1. The number of imidazole rings is 1. The van der Waals surface area contributed by atoms with Crippen LogP contribution in [-0.4, -0.2) is 20.7 Å². The van der Waals surface area contributed by atoms with Crippen molar-refractivity contribution in [2.75, 3.05) is 5.32 Å². The number of nitrogens with one attached hydrogen (secondary N) is 1. The molecule has 0 fully saturated rings. The maximum atomic E-state index is 12.8. The first-order valence-electron chi connectivity index (χ1n) is 5.76. The summed E-state index contributed by atoms with van der Waals surface area (Å²) in [5.74, 6) is -0.465. The van der Waals surface area contributed by atoms with E-state index < -0.39 is 0 Å². The molecule has 1 atom stereocenters. The summed E-state index contributed by atoms with van der Waals surface area (Å²) < 4.78 is 14.6. The van der Waals surface area contributed by atoms with Gasteiger partial charge < -0.3 is 9.88 Å². The van der Waals surface area contributed by atoms with Crippen LogP contribution in [0.25, 0.3) is 0 Å². The number of hydrogen-bond acceptors (Lipinski definition) is 3. The summed E-state index contributed by atoms with van der Waals surface area (Å²) in [5.41, 5.74) is 0.582. The molecule has 2 aromatic rings. The van der Waals surface area contributed by atoms with Crippen molar-refractivity contribution >= 4 is 23.4 Å². The van der Waals surface area contributed by atoms with Gasteiger partial charge in [-0.3, -0.25) is 4.79 Å². The molecule has 0 unspecified atom stereocenters. The van der Waals surface area contributed by atoms with Crippen molar-refractivity contribution in [2.24, 2.45) is 7.05 Å². The maximum Gasteiger partial charge on any atom is 0.237 e. The fourth-order valence-corrected chi connectivity index (χ4v) is 2.29. The van der Waals surface area contributed by atoms with E-state index in [-0.39, 0.29) is 17.0 Å². The lowest BCUT2D eigenvalue weighted by Gasteiger charge is -2.11. The molecule has 0 saturated heterocycles. The van der Waals surface area contributed by atoms with E-state index in [0.29, 0.717) is 5.69 Å². The van der Waals surface area contributed by atoms with Gasteiger partial charge in [-0.2, -0.15) is 0 Å². The second kappa shape index (κ2) is 5.88. The lowest BCUT2D eigenvalue weighted by molar-refractivity contribution is -0.115. The van der Waals surface area contributed by atoms with Gasteiger partial charge in [-0.05, 0) is 31.2 Å². The molecular weight excluding hydrogens is 265 g/mol. The highest BCUT2D eigenvalue weighted by Crippen LogP contribution is 2.22. The molecule has 0 radical (unpaired) electrons. The van der Waals surface area contributed by atoms with Crippen LogP contribution in [0.1, 0.15) is 6.92 Å². The Bertz CT molecular complexity index is 568. The fourth-order valence-electron chi connectivity index (χ4n) is 1.45. The molecule has 1 amide bonds. The summed E-state index contributed by atoms with van der Waals surface area (Å²) in [6, 6.07) is 5.69. The molecule has 1 aromatic heterocycles. The molecule has 0 aliphatic carbocycles. The summed E-state index contributed by atoms with van der Waals surface area (Å²) in [6.45, 7) is 1.80. The molecular formula is C13H14FN3OS. The molecule has 6 heteroatoms. The largest absolute Gasteiger partial charge is 0.329 e. The topological polar surface area (TPSA) is 46.9 Å². The van der Waals surface area contributed by atoms with Crippen molar-refractivity contribution in [1.29, 1.82) is 0 Å². The summed E-state index contributed by atoms with van der Waals surface area (Å²) in [7, 11) is 1.87. The Balaban J connectivity index is 1.96. The average Bonchev–Trinajstić information content (AvgIpc) is 2.78. The monoisotopic (exact) mass is 279 g/mol. The normalized spacial score (nSPS) is 12.2. The van der Waals surface area contributed by atoms with Crippen molar-refractivity contribution in [3.8, 4) is 0 Å². The minimum absolute atomic E-state index is 0.139. The Hall–Kier alpha value is -1.82. The number of amides is 1. The van der Waals surface area contributed by atoms with Gasteiger partial charge in [0.1, 0.15) is 5.82 Å². The van der Waals surface area contributed by atoms with Crippen LogP contribution in [0.5, 0.6) is 0 Å². The molecule has 4 nitrogen and oxygen atoms in total. The van der Waals surface area contributed by atoms with E-state index in [0.717, 1.165) is 5.16 Å². The van der Waals surface area contributed by atoms with Crippen LogP contribution in [-0.2, 0) is 11.8 Å². The first kappa shape index (κ1) is 13.6. The van der Waals surface area contributed by atoms with E-state index in [1.165, 1.54) is 36.0 Å². The van der Waals surface area contributed by atoms with Crippen molar-refractivity contribution in [3.05, 3.63) is 42.5 Å². The fraction of sp³-hybridized carbons (Fsp3) is 0.231. The molecule has 0 bridgehead atoms. The van der Waals surface area contributed by atoms with Crippen LogP contribution in [0.3, 0.4) is 0 Å². The Morgan fingerprint density at radius 1 is 1.42 bits per heavy atom. The smallest absolute Gasteiger partial charge is 0.237 e. The Morgan fingerprint density at radius 2 is 2.11 bits per heavy atom. The summed E-state index contributed by atoms with van der Waals surface area (Å²) in [4.78, 5) is 16.1. The molecule has 2 rings (SSSR count). The van der Waals surface area contributed by atoms with Crippen LogP contribution in [0, 0.1) is 5.82 Å². The van der Waals surface area contributed by atoms with Crippen LogP contribution >= 0.6 is 11.8 Å². The van der Waals surface area contributed by atoms with Gasteiger partial charge in [-0.15, -0.1) is 0 Å². The van der Waals surface area contributed by atoms with Gasteiger partial charge in [0.2, 0.25) is 5.91 Å². The van der Waals surface area contributed by atoms with E-state index in [2.05, 4.69) is 10.3 Å². The lowest BCUT2D eigenvalue weighted by Crippen LogP contribution is -2.22. The summed E-state index contributed by atoms with van der Waals surface area (Å²) in [5, 5.41) is 3.23. The van der Waals surface area contributed by atoms with E-state index in [1.807, 2.05) is 17.8 Å². The average molecular weight is 279 g/mol. The summed E-state index contributed by atoms with van der Waals surface area (Å²) >= 11 is 1.37. The quantitative estimate of drug-likeness (QED) is 0.875. The van der Waals surface area contributed by atoms with E-state index in [1.54, 1.807) is 13.1 Å². The van der Waals surface area contributed by atoms with Crippen LogP contribution in [0.15, 0.2) is 41.8 Å². The molecule has 0 spiro atoms. The SMILES string of the molecule is C[C@H](Sc1nccn1C)C(=O)Nc1ccc(F)cc1. The second-order valence-corrected chi connectivity index (χ2v) is 5.38. The molecule has 0 aliphatic heterocycles. The van der Waals surface area contributed by atoms with Crippen molar-refractivity contribution < 1.29 is 9.18 Å². The number of thioether (sulfide) groups is 1. The highest BCUT2D eigenvalue weighted by atomic mass is 32.2. The van der Waals surface area contributed by atoms with Crippen LogP contribution in [0.2, 0.25) is 0 Å². The molecule has 19 heavy (non-hydrogen) atoms. The number of aryl methyl sites for hydroxylation is 1. The zero-order valence-electron chi connectivity index (χ0n) is 10.6. The number of rotatable bonds is 4. The van der Waals surface area contributed by atoms with Gasteiger partial charge in [0.15, 0.2) is 5.16 Å². The zero-order valence-corrected chi connectivity index (χ0v) is 11.4. The number of hydrogen-bond donors (Lipinski definition) is 1. The highest BCUT2D eigenvalue weighted by Gasteiger charge is 2.16.